The normalized spacial score (nSPS) is 25.8. The molecule has 9 heavy (non-hydrogen) atoms. The molecule has 2 rings (SSSR count). The molecule has 0 radical (unpaired) electrons. The molecule has 1 heterocycles. The molecule has 2 fully saturated rings. The Balaban J connectivity index is 2.08. The minimum absolute atomic E-state index is 0.971. The maximum absolute atomic E-state index is 5.44. The smallest absolute Gasteiger partial charge is 0.0952 e. The van der Waals surface area contributed by atoms with Crippen LogP contribution < -0.4 is 0 Å². The maximum Gasteiger partial charge on any atom is 0.0952 e. The van der Waals surface area contributed by atoms with Crippen molar-refractivity contribution in [3.05, 3.63) is 11.3 Å². The third-order valence-electron chi connectivity index (χ3n) is 2.18. The molecule has 0 aromatic heterocycles. The highest BCUT2D eigenvalue weighted by Gasteiger charge is 2.18. The molecule has 1 aliphatic heterocycles. The molecule has 50 valence electrons. The van der Waals surface area contributed by atoms with Crippen molar-refractivity contribution in [2.24, 2.45) is 0 Å². The Bertz CT molecular complexity index is 133. The van der Waals surface area contributed by atoms with Crippen LogP contribution in [0.2, 0.25) is 0 Å². The Labute approximate surface area is 55.7 Å². The van der Waals surface area contributed by atoms with Crippen LogP contribution >= 0.6 is 0 Å². The molecule has 0 N–H and O–H groups in total. The quantitative estimate of drug-likeness (QED) is 0.481. The minimum Gasteiger partial charge on any atom is -0.498 e. The molecule has 1 saturated carbocycles. The Morgan fingerprint density at radius 3 is 2.33 bits per heavy atom. The molecule has 1 saturated heterocycles. The highest BCUT2D eigenvalue weighted by atomic mass is 16.5. The molecule has 2 aliphatic rings. The van der Waals surface area contributed by atoms with Gasteiger partial charge in [-0.25, -0.2) is 0 Å². The summed E-state index contributed by atoms with van der Waals surface area (Å²) in [5.74, 6) is 1.33. The fourth-order valence-corrected chi connectivity index (χ4v) is 1.41. The van der Waals surface area contributed by atoms with E-state index in [2.05, 4.69) is 0 Å². The van der Waals surface area contributed by atoms with Crippen molar-refractivity contribution < 1.29 is 4.74 Å². The van der Waals surface area contributed by atoms with Crippen LogP contribution in [0.3, 0.4) is 0 Å². The number of hydrogen-bond donors (Lipinski definition) is 0. The molecule has 0 spiro atoms. The van der Waals surface area contributed by atoms with Gasteiger partial charge in [0.1, 0.15) is 0 Å². The van der Waals surface area contributed by atoms with E-state index in [0.717, 1.165) is 6.61 Å². The van der Waals surface area contributed by atoms with Crippen LogP contribution in [-0.4, -0.2) is 6.61 Å². The lowest BCUT2D eigenvalue weighted by Crippen LogP contribution is -2.00. The zero-order chi connectivity index (χ0) is 6.10. The van der Waals surface area contributed by atoms with Crippen LogP contribution in [0.25, 0.3) is 0 Å². The Morgan fingerprint density at radius 2 is 1.89 bits per heavy atom. The van der Waals surface area contributed by atoms with Gasteiger partial charge in [-0.3, -0.25) is 0 Å². The first-order chi connectivity index (χ1) is 4.47. The summed E-state index contributed by atoms with van der Waals surface area (Å²) < 4.78 is 5.44. The van der Waals surface area contributed by atoms with Gasteiger partial charge in [0.15, 0.2) is 0 Å². The third-order valence-corrected chi connectivity index (χ3v) is 2.18. The number of allylic oxidation sites excluding steroid dienone is 2. The summed E-state index contributed by atoms with van der Waals surface area (Å²) in [6, 6.07) is 0. The van der Waals surface area contributed by atoms with E-state index in [1.807, 2.05) is 0 Å². The fraction of sp³-hybridized carbons (Fsp3) is 0.750. The summed E-state index contributed by atoms with van der Waals surface area (Å²) in [5.41, 5.74) is 1.60. The second-order valence-electron chi connectivity index (χ2n) is 2.83. The molecule has 0 amide bonds. The topological polar surface area (TPSA) is 9.23 Å². The van der Waals surface area contributed by atoms with Gasteiger partial charge in [-0.05, 0) is 31.3 Å². The third kappa shape index (κ3) is 0.846. The first kappa shape index (κ1) is 5.33. The van der Waals surface area contributed by atoms with Gasteiger partial charge >= 0.3 is 0 Å². The van der Waals surface area contributed by atoms with Crippen LogP contribution in [0.4, 0.5) is 0 Å². The summed E-state index contributed by atoms with van der Waals surface area (Å²) in [4.78, 5) is 0. The lowest BCUT2D eigenvalue weighted by Gasteiger charge is -2.18. The van der Waals surface area contributed by atoms with Crippen LogP contribution in [0.1, 0.15) is 32.1 Å². The van der Waals surface area contributed by atoms with Crippen LogP contribution in [-0.2, 0) is 4.74 Å². The van der Waals surface area contributed by atoms with Crippen molar-refractivity contribution in [3.63, 3.8) is 0 Å². The van der Waals surface area contributed by atoms with Crippen molar-refractivity contribution in [2.75, 3.05) is 6.61 Å². The molecular weight excluding hydrogens is 112 g/mol. The molecule has 1 aliphatic carbocycles. The van der Waals surface area contributed by atoms with Gasteiger partial charge in [-0.1, -0.05) is 0 Å². The van der Waals surface area contributed by atoms with Gasteiger partial charge < -0.3 is 4.74 Å². The lowest BCUT2D eigenvalue weighted by atomic mass is 9.91. The highest BCUT2D eigenvalue weighted by Crippen LogP contribution is 2.33. The zero-order valence-electron chi connectivity index (χ0n) is 5.65. The van der Waals surface area contributed by atoms with Gasteiger partial charge in [0.2, 0.25) is 0 Å². The first-order valence-corrected chi connectivity index (χ1v) is 3.80. The lowest BCUT2D eigenvalue weighted by molar-refractivity contribution is 0.253. The van der Waals surface area contributed by atoms with Crippen molar-refractivity contribution >= 4 is 0 Å². The molecule has 0 aromatic rings. The van der Waals surface area contributed by atoms with E-state index >= 15 is 0 Å². The predicted molar refractivity (Wildman–Crippen MR) is 36.1 cm³/mol. The molecular formula is C8H12O. The number of rotatable bonds is 0. The molecule has 0 unspecified atom stereocenters. The Kier molecular flexibility index (Phi) is 1.22. The van der Waals surface area contributed by atoms with Crippen molar-refractivity contribution in [2.45, 2.75) is 32.1 Å². The maximum atomic E-state index is 5.44. The van der Waals surface area contributed by atoms with E-state index in [-0.39, 0.29) is 0 Å². The van der Waals surface area contributed by atoms with E-state index < -0.39 is 0 Å². The monoisotopic (exact) mass is 124 g/mol. The summed E-state index contributed by atoms with van der Waals surface area (Å²) in [7, 11) is 0. The van der Waals surface area contributed by atoms with Crippen molar-refractivity contribution in [1.29, 1.82) is 0 Å². The average Bonchev–Trinajstić information content (AvgIpc) is 2.11. The SMILES string of the molecule is C1CC(=C2CCCO2)C1. The minimum atomic E-state index is 0.971. The van der Waals surface area contributed by atoms with Crippen molar-refractivity contribution in [1.82, 2.24) is 0 Å². The molecule has 0 aromatic carbocycles. The molecule has 0 atom stereocenters. The summed E-state index contributed by atoms with van der Waals surface area (Å²) >= 11 is 0. The molecule has 1 heteroatoms. The van der Waals surface area contributed by atoms with Gasteiger partial charge in [0, 0.05) is 6.42 Å². The Morgan fingerprint density at radius 1 is 1.00 bits per heavy atom. The van der Waals surface area contributed by atoms with Gasteiger partial charge in [-0.15, -0.1) is 0 Å². The second-order valence-corrected chi connectivity index (χ2v) is 2.83. The summed E-state index contributed by atoms with van der Waals surface area (Å²) in [6.07, 6.45) is 6.49. The Hall–Kier alpha value is -0.460. The molecule has 0 bridgehead atoms. The number of ether oxygens (including phenoxy) is 1. The van der Waals surface area contributed by atoms with E-state index in [1.54, 1.807) is 5.57 Å². The zero-order valence-corrected chi connectivity index (χ0v) is 5.65. The van der Waals surface area contributed by atoms with Gasteiger partial charge in [0.25, 0.3) is 0 Å². The summed E-state index contributed by atoms with van der Waals surface area (Å²) in [6.45, 7) is 0.971. The fourth-order valence-electron chi connectivity index (χ4n) is 1.41. The predicted octanol–water partition coefficient (Wildman–Crippen LogP) is 2.23. The second kappa shape index (κ2) is 2.05. The largest absolute Gasteiger partial charge is 0.498 e. The first-order valence-electron chi connectivity index (χ1n) is 3.80. The van der Waals surface area contributed by atoms with Crippen LogP contribution in [0.15, 0.2) is 11.3 Å². The van der Waals surface area contributed by atoms with E-state index in [4.69, 9.17) is 4.74 Å². The van der Waals surface area contributed by atoms with Crippen LogP contribution in [0, 0.1) is 0 Å². The van der Waals surface area contributed by atoms with E-state index in [1.165, 1.54) is 37.9 Å². The highest BCUT2D eigenvalue weighted by molar-refractivity contribution is 5.16. The van der Waals surface area contributed by atoms with E-state index in [9.17, 15) is 0 Å². The number of hydrogen-bond acceptors (Lipinski definition) is 1. The van der Waals surface area contributed by atoms with Gasteiger partial charge in [0.05, 0.1) is 12.4 Å². The van der Waals surface area contributed by atoms with Gasteiger partial charge in [-0.2, -0.15) is 0 Å². The van der Waals surface area contributed by atoms with E-state index in [0.29, 0.717) is 0 Å². The standard InChI is InChI=1S/C8H12O/c1-3-7(4-1)8-5-2-6-9-8/h1-6H2. The average molecular weight is 124 g/mol. The molecule has 1 nitrogen and oxygen atoms in total. The van der Waals surface area contributed by atoms with Crippen molar-refractivity contribution in [3.8, 4) is 0 Å². The summed E-state index contributed by atoms with van der Waals surface area (Å²) in [5, 5.41) is 0. The van der Waals surface area contributed by atoms with Crippen LogP contribution in [0.5, 0.6) is 0 Å².